The molecule has 0 saturated carbocycles. The molecule has 0 aliphatic carbocycles. The first-order valence-corrected chi connectivity index (χ1v) is 11.3. The van der Waals surface area contributed by atoms with Crippen LogP contribution in [0.3, 0.4) is 0 Å². The Morgan fingerprint density at radius 1 is 1.31 bits per heavy atom. The average molecular weight is 519 g/mol. The van der Waals surface area contributed by atoms with Crippen molar-refractivity contribution >= 4 is 44.7 Å². The van der Waals surface area contributed by atoms with Gasteiger partial charge in [0.25, 0.3) is 12.3 Å². The molecule has 0 saturated heterocycles. The number of rotatable bonds is 8. The molecule has 4 aromatic rings. The molecule has 0 bridgehead atoms. The molecule has 0 fully saturated rings. The average Bonchev–Trinajstić information content (AvgIpc) is 3.47. The van der Waals surface area contributed by atoms with Crippen molar-refractivity contribution in [2.24, 2.45) is 12.8 Å². The lowest BCUT2D eigenvalue weighted by Crippen LogP contribution is -2.18. The van der Waals surface area contributed by atoms with Crippen molar-refractivity contribution in [1.82, 2.24) is 24.5 Å². The number of fused-ring (bicyclic) bond motifs is 1. The van der Waals surface area contributed by atoms with Gasteiger partial charge < -0.3 is 11.1 Å². The van der Waals surface area contributed by atoms with Gasteiger partial charge in [-0.3, -0.25) is 29.1 Å². The maximum Gasteiger partial charge on any atom is 0.309 e. The fraction of sp³-hybridized carbons (Fsp3) is 0.286. The van der Waals surface area contributed by atoms with E-state index in [-0.39, 0.29) is 45.1 Å². The number of primary amides is 1. The van der Waals surface area contributed by atoms with Crippen LogP contribution in [-0.2, 0) is 18.4 Å². The molecule has 4 heterocycles. The van der Waals surface area contributed by atoms with Crippen LogP contribution in [0.5, 0.6) is 0 Å². The number of nitrogens with two attached hydrogens (primary N) is 1. The standard InChI is InChI=1S/C21H20F2N8O4S/c1-9-14(31(34)35)8-30(28-9)5-4-15(32)27-17-16-11(12-7-25-29(3)10(12)2)6-13(19(22)23)26-21(16)36-18(17)20(24)33/h6-8,19H,4-5H2,1-3H3,(H2,24,33)(H,27,32). The number of carbonyl (C=O) groups is 2. The molecule has 0 aliphatic rings. The molecule has 0 radical (unpaired) electrons. The summed E-state index contributed by atoms with van der Waals surface area (Å²) in [6.45, 7) is 3.26. The van der Waals surface area contributed by atoms with E-state index in [0.717, 1.165) is 11.3 Å². The lowest BCUT2D eigenvalue weighted by atomic mass is 10.0. The van der Waals surface area contributed by atoms with Crippen LogP contribution in [-0.4, -0.2) is 41.3 Å². The number of hydrogen-bond donors (Lipinski definition) is 2. The second-order valence-corrected chi connectivity index (χ2v) is 8.93. The van der Waals surface area contributed by atoms with Crippen molar-refractivity contribution in [3.63, 3.8) is 0 Å². The largest absolute Gasteiger partial charge is 0.365 e. The van der Waals surface area contributed by atoms with Gasteiger partial charge in [0.1, 0.15) is 27.3 Å². The van der Waals surface area contributed by atoms with Crippen molar-refractivity contribution in [2.75, 3.05) is 5.32 Å². The second kappa shape index (κ2) is 9.41. The summed E-state index contributed by atoms with van der Waals surface area (Å²) >= 11 is 0.797. The van der Waals surface area contributed by atoms with Gasteiger partial charge in [0.2, 0.25) is 5.91 Å². The molecule has 4 aromatic heterocycles. The first kappa shape index (κ1) is 24.8. The van der Waals surface area contributed by atoms with Gasteiger partial charge in [-0.25, -0.2) is 13.8 Å². The number of pyridine rings is 1. The molecule has 15 heteroatoms. The molecule has 36 heavy (non-hydrogen) atoms. The molecule has 4 rings (SSSR count). The first-order valence-electron chi connectivity index (χ1n) is 10.5. The number of carbonyl (C=O) groups excluding carboxylic acids is 2. The molecule has 0 aliphatic heterocycles. The number of aryl methyl sites for hydroxylation is 3. The van der Waals surface area contributed by atoms with E-state index in [0.29, 0.717) is 16.8 Å². The van der Waals surface area contributed by atoms with Crippen molar-refractivity contribution < 1.29 is 23.3 Å². The summed E-state index contributed by atoms with van der Waals surface area (Å²) < 4.78 is 30.1. The quantitative estimate of drug-likeness (QED) is 0.266. The Balaban J connectivity index is 1.75. The summed E-state index contributed by atoms with van der Waals surface area (Å²) in [5.74, 6) is -1.40. The van der Waals surface area contributed by atoms with E-state index in [2.05, 4.69) is 20.5 Å². The van der Waals surface area contributed by atoms with Crippen LogP contribution in [0, 0.1) is 24.0 Å². The number of halogens is 2. The summed E-state index contributed by atoms with van der Waals surface area (Å²) in [5.41, 5.74) is 6.64. The summed E-state index contributed by atoms with van der Waals surface area (Å²) in [7, 11) is 1.69. The SMILES string of the molecule is Cc1nn(CCC(=O)Nc2c(C(N)=O)sc3nc(C(F)F)cc(-c4cnn(C)c4C)c23)cc1[N+](=O)[O-]. The van der Waals surface area contributed by atoms with Crippen LogP contribution in [0.2, 0.25) is 0 Å². The zero-order chi connectivity index (χ0) is 26.3. The predicted molar refractivity (Wildman–Crippen MR) is 127 cm³/mol. The number of amides is 2. The number of nitro groups is 1. The van der Waals surface area contributed by atoms with Gasteiger partial charge in [-0.2, -0.15) is 10.2 Å². The van der Waals surface area contributed by atoms with E-state index < -0.39 is 28.9 Å². The molecule has 0 aromatic carbocycles. The normalized spacial score (nSPS) is 11.4. The number of nitrogens with one attached hydrogen (secondary N) is 1. The zero-order valence-electron chi connectivity index (χ0n) is 19.3. The summed E-state index contributed by atoms with van der Waals surface area (Å²) in [6.07, 6.45) is -0.294. The Morgan fingerprint density at radius 3 is 2.58 bits per heavy atom. The van der Waals surface area contributed by atoms with Gasteiger partial charge in [-0.15, -0.1) is 11.3 Å². The third kappa shape index (κ3) is 4.51. The van der Waals surface area contributed by atoms with E-state index in [1.807, 2.05) is 0 Å². The van der Waals surface area contributed by atoms with Crippen LogP contribution >= 0.6 is 11.3 Å². The molecule has 0 atom stereocenters. The highest BCUT2D eigenvalue weighted by molar-refractivity contribution is 7.21. The van der Waals surface area contributed by atoms with Gasteiger partial charge in [-0.1, -0.05) is 0 Å². The Morgan fingerprint density at radius 2 is 2.03 bits per heavy atom. The number of alkyl halides is 2. The van der Waals surface area contributed by atoms with Gasteiger partial charge in [0, 0.05) is 36.7 Å². The monoisotopic (exact) mass is 518 g/mol. The van der Waals surface area contributed by atoms with Crippen LogP contribution < -0.4 is 11.1 Å². The van der Waals surface area contributed by atoms with Crippen molar-refractivity contribution in [1.29, 1.82) is 0 Å². The zero-order valence-corrected chi connectivity index (χ0v) is 20.1. The molecule has 0 spiro atoms. The van der Waals surface area contributed by atoms with Crippen LogP contribution in [0.25, 0.3) is 21.3 Å². The lowest BCUT2D eigenvalue weighted by Gasteiger charge is -2.11. The predicted octanol–water partition coefficient (Wildman–Crippen LogP) is 3.48. The topological polar surface area (TPSA) is 164 Å². The Labute approximate surface area is 205 Å². The van der Waals surface area contributed by atoms with E-state index >= 15 is 0 Å². The molecule has 188 valence electrons. The highest BCUT2D eigenvalue weighted by atomic mass is 32.1. The summed E-state index contributed by atoms with van der Waals surface area (Å²) in [4.78, 5) is 39.5. The maximum atomic E-state index is 13.6. The van der Waals surface area contributed by atoms with E-state index in [1.165, 1.54) is 30.1 Å². The van der Waals surface area contributed by atoms with Gasteiger partial charge in [0.05, 0.1) is 16.8 Å². The molecule has 12 nitrogen and oxygen atoms in total. The van der Waals surface area contributed by atoms with Crippen molar-refractivity contribution in [3.05, 3.63) is 50.5 Å². The molecule has 2 amide bonds. The van der Waals surface area contributed by atoms with Crippen LogP contribution in [0.15, 0.2) is 18.5 Å². The van der Waals surface area contributed by atoms with Gasteiger partial charge in [-0.05, 0) is 25.5 Å². The summed E-state index contributed by atoms with van der Waals surface area (Å²) in [6, 6.07) is 1.20. The van der Waals surface area contributed by atoms with Gasteiger partial charge in [0.15, 0.2) is 0 Å². The lowest BCUT2D eigenvalue weighted by molar-refractivity contribution is -0.385. The van der Waals surface area contributed by atoms with Crippen molar-refractivity contribution in [2.45, 2.75) is 33.2 Å². The number of anilines is 1. The number of hydrogen-bond acceptors (Lipinski definition) is 8. The summed E-state index contributed by atoms with van der Waals surface area (Å²) in [5, 5.41) is 22.2. The Bertz CT molecular complexity index is 1520. The minimum absolute atomic E-state index is 0.0246. The van der Waals surface area contributed by atoms with E-state index in [1.54, 1.807) is 18.7 Å². The number of nitrogens with zero attached hydrogens (tertiary/aromatic N) is 6. The fourth-order valence-corrected chi connectivity index (χ4v) is 4.73. The second-order valence-electron chi connectivity index (χ2n) is 7.93. The van der Waals surface area contributed by atoms with E-state index in [4.69, 9.17) is 5.73 Å². The first-order chi connectivity index (χ1) is 17.0. The molecular weight excluding hydrogens is 498 g/mol. The van der Waals surface area contributed by atoms with Crippen LogP contribution in [0.1, 0.15) is 39.6 Å². The fourth-order valence-electron chi connectivity index (χ4n) is 3.72. The van der Waals surface area contributed by atoms with Gasteiger partial charge >= 0.3 is 5.69 Å². The smallest absolute Gasteiger partial charge is 0.309 e. The third-order valence-corrected chi connectivity index (χ3v) is 6.70. The Kier molecular flexibility index (Phi) is 6.49. The van der Waals surface area contributed by atoms with E-state index in [9.17, 15) is 28.5 Å². The minimum atomic E-state index is -2.87. The minimum Gasteiger partial charge on any atom is -0.365 e. The number of thiophene rings is 1. The maximum absolute atomic E-state index is 13.6. The highest BCUT2D eigenvalue weighted by Gasteiger charge is 2.26. The third-order valence-electron chi connectivity index (χ3n) is 5.60. The highest BCUT2D eigenvalue weighted by Crippen LogP contribution is 2.43. The van der Waals surface area contributed by atoms with Crippen LogP contribution in [0.4, 0.5) is 20.2 Å². The molecular formula is C21H20F2N8O4S. The van der Waals surface area contributed by atoms with Crippen molar-refractivity contribution in [3.8, 4) is 11.1 Å². The Hall–Kier alpha value is -4.27. The number of aromatic nitrogens is 5. The molecule has 3 N–H and O–H groups in total. The molecule has 0 unspecified atom stereocenters.